The first-order valence-corrected chi connectivity index (χ1v) is 7.33. The lowest BCUT2D eigenvalue weighted by Crippen LogP contribution is -2.36. The highest BCUT2D eigenvalue weighted by Gasteiger charge is 2.02. The largest absolute Gasteiger partial charge is 0.352 e. The molecule has 0 radical (unpaired) electrons. The molecule has 0 bridgehead atoms. The van der Waals surface area contributed by atoms with Crippen molar-refractivity contribution in [3.8, 4) is 0 Å². The van der Waals surface area contributed by atoms with E-state index in [-0.39, 0.29) is 29.8 Å². The number of hydrogen-bond donors (Lipinski definition) is 2. The molecule has 0 aliphatic carbocycles. The molecule has 0 fully saturated rings. The first-order chi connectivity index (χ1) is 10.6. The van der Waals surface area contributed by atoms with Gasteiger partial charge in [0.05, 0.1) is 0 Å². The number of benzene rings is 2. The first-order valence-electron chi connectivity index (χ1n) is 7.33. The lowest BCUT2D eigenvalue weighted by Gasteiger charge is -2.12. The van der Waals surface area contributed by atoms with Gasteiger partial charge in [0.2, 0.25) is 0 Å². The summed E-state index contributed by atoms with van der Waals surface area (Å²) in [5.41, 5.74) is 3.98. The van der Waals surface area contributed by atoms with Gasteiger partial charge in [-0.3, -0.25) is 4.99 Å². The average Bonchev–Trinajstić information content (AvgIpc) is 2.52. The van der Waals surface area contributed by atoms with E-state index in [1.807, 2.05) is 6.07 Å². The van der Waals surface area contributed by atoms with Gasteiger partial charge in [0.25, 0.3) is 0 Å². The van der Waals surface area contributed by atoms with Crippen LogP contribution in [-0.2, 0) is 13.1 Å². The Labute approximate surface area is 154 Å². The fourth-order valence-electron chi connectivity index (χ4n) is 2.04. The lowest BCUT2D eigenvalue weighted by molar-refractivity contribution is 0.615. The second-order valence-corrected chi connectivity index (χ2v) is 5.35. The molecule has 2 rings (SSSR count). The van der Waals surface area contributed by atoms with Crippen LogP contribution in [0, 0.1) is 19.7 Å². The highest BCUT2D eigenvalue weighted by molar-refractivity contribution is 14.0. The van der Waals surface area contributed by atoms with Gasteiger partial charge in [0, 0.05) is 20.1 Å². The van der Waals surface area contributed by atoms with Crippen LogP contribution in [0.25, 0.3) is 0 Å². The van der Waals surface area contributed by atoms with E-state index in [4.69, 9.17) is 0 Å². The van der Waals surface area contributed by atoms with Crippen molar-refractivity contribution in [2.45, 2.75) is 26.9 Å². The van der Waals surface area contributed by atoms with Crippen molar-refractivity contribution in [3.63, 3.8) is 0 Å². The molecule has 0 unspecified atom stereocenters. The zero-order valence-electron chi connectivity index (χ0n) is 13.7. The van der Waals surface area contributed by atoms with Gasteiger partial charge in [-0.1, -0.05) is 42.0 Å². The highest BCUT2D eigenvalue weighted by Crippen LogP contribution is 2.08. The van der Waals surface area contributed by atoms with E-state index in [0.29, 0.717) is 24.6 Å². The van der Waals surface area contributed by atoms with E-state index < -0.39 is 0 Å². The minimum absolute atomic E-state index is 0. The van der Waals surface area contributed by atoms with Crippen LogP contribution >= 0.6 is 24.0 Å². The molecule has 2 aromatic rings. The molecule has 0 saturated carbocycles. The van der Waals surface area contributed by atoms with Gasteiger partial charge in [-0.15, -0.1) is 24.0 Å². The maximum atomic E-state index is 13.5. The molecule has 0 aliphatic heterocycles. The molecular weight excluding hydrogens is 404 g/mol. The number of halogens is 2. The van der Waals surface area contributed by atoms with Gasteiger partial charge in [-0.05, 0) is 36.6 Å². The van der Waals surface area contributed by atoms with E-state index in [0.717, 1.165) is 5.56 Å². The summed E-state index contributed by atoms with van der Waals surface area (Å²) < 4.78 is 13.5. The molecule has 124 valence electrons. The summed E-state index contributed by atoms with van der Waals surface area (Å²) in [6, 6.07) is 13.6. The van der Waals surface area contributed by atoms with Gasteiger partial charge in [0.1, 0.15) is 5.82 Å². The zero-order valence-corrected chi connectivity index (χ0v) is 16.0. The van der Waals surface area contributed by atoms with Crippen molar-refractivity contribution in [1.82, 2.24) is 10.6 Å². The van der Waals surface area contributed by atoms with Gasteiger partial charge in [0.15, 0.2) is 5.96 Å². The molecule has 0 saturated heterocycles. The van der Waals surface area contributed by atoms with Crippen LogP contribution < -0.4 is 10.6 Å². The molecule has 3 nitrogen and oxygen atoms in total. The number of aliphatic imine (C=N–C) groups is 1. The smallest absolute Gasteiger partial charge is 0.191 e. The zero-order chi connectivity index (χ0) is 15.9. The molecule has 0 aromatic heterocycles. The van der Waals surface area contributed by atoms with Crippen LogP contribution in [-0.4, -0.2) is 13.0 Å². The Morgan fingerprint density at radius 2 is 1.52 bits per heavy atom. The third-order valence-electron chi connectivity index (χ3n) is 3.50. The average molecular weight is 427 g/mol. The summed E-state index contributed by atoms with van der Waals surface area (Å²) in [7, 11) is 1.72. The van der Waals surface area contributed by atoms with Crippen LogP contribution in [0.4, 0.5) is 4.39 Å². The number of nitrogens with zero attached hydrogens (tertiary/aromatic N) is 1. The number of rotatable bonds is 4. The summed E-state index contributed by atoms with van der Waals surface area (Å²) in [6.07, 6.45) is 0. The van der Waals surface area contributed by atoms with E-state index >= 15 is 0 Å². The normalized spacial score (nSPS) is 10.9. The molecule has 2 aromatic carbocycles. The summed E-state index contributed by atoms with van der Waals surface area (Å²) in [4.78, 5) is 4.18. The topological polar surface area (TPSA) is 36.4 Å². The predicted molar refractivity (Wildman–Crippen MR) is 105 cm³/mol. The van der Waals surface area contributed by atoms with Crippen LogP contribution in [0.1, 0.15) is 22.3 Å². The number of aryl methyl sites for hydroxylation is 2. The van der Waals surface area contributed by atoms with Crippen molar-refractivity contribution in [3.05, 3.63) is 70.5 Å². The molecule has 0 spiro atoms. The van der Waals surface area contributed by atoms with Crippen LogP contribution in [0.15, 0.2) is 47.5 Å². The Balaban J connectivity index is 0.00000264. The Kier molecular flexibility index (Phi) is 8.02. The first kappa shape index (κ1) is 19.4. The second-order valence-electron chi connectivity index (χ2n) is 5.35. The van der Waals surface area contributed by atoms with E-state index in [2.05, 4.69) is 46.8 Å². The monoisotopic (exact) mass is 427 g/mol. The molecule has 5 heteroatoms. The van der Waals surface area contributed by atoms with E-state index in [1.54, 1.807) is 26.1 Å². The Hall–Kier alpha value is -1.63. The quantitative estimate of drug-likeness (QED) is 0.441. The van der Waals surface area contributed by atoms with Gasteiger partial charge in [-0.2, -0.15) is 0 Å². The maximum Gasteiger partial charge on any atom is 0.191 e. The maximum absolute atomic E-state index is 13.5. The summed E-state index contributed by atoms with van der Waals surface area (Å²) >= 11 is 0. The van der Waals surface area contributed by atoms with Crippen LogP contribution in [0.2, 0.25) is 0 Å². The second kappa shape index (κ2) is 9.50. The third-order valence-corrected chi connectivity index (χ3v) is 3.50. The summed E-state index contributed by atoms with van der Waals surface area (Å²) in [5.74, 6) is 0.517. The molecule has 0 atom stereocenters. The number of guanidine groups is 1. The number of hydrogen-bond acceptors (Lipinski definition) is 1. The molecule has 0 amide bonds. The van der Waals surface area contributed by atoms with Crippen LogP contribution in [0.3, 0.4) is 0 Å². The predicted octanol–water partition coefficient (Wildman–Crippen LogP) is 3.93. The molecular formula is C18H23FIN3. The van der Waals surface area contributed by atoms with E-state index in [1.165, 1.54) is 11.1 Å². The van der Waals surface area contributed by atoms with Crippen molar-refractivity contribution < 1.29 is 4.39 Å². The Morgan fingerprint density at radius 3 is 2.09 bits per heavy atom. The van der Waals surface area contributed by atoms with Crippen molar-refractivity contribution in [2.75, 3.05) is 7.05 Å². The summed E-state index contributed by atoms with van der Waals surface area (Å²) in [5, 5.41) is 6.43. The third kappa shape index (κ3) is 6.17. The van der Waals surface area contributed by atoms with Gasteiger partial charge >= 0.3 is 0 Å². The van der Waals surface area contributed by atoms with Crippen molar-refractivity contribution in [1.29, 1.82) is 0 Å². The van der Waals surface area contributed by atoms with E-state index in [9.17, 15) is 4.39 Å². The Bertz CT molecular complexity index is 654. The minimum atomic E-state index is -0.179. The Morgan fingerprint density at radius 1 is 0.957 bits per heavy atom. The molecule has 0 heterocycles. The van der Waals surface area contributed by atoms with Crippen LogP contribution in [0.5, 0.6) is 0 Å². The van der Waals surface area contributed by atoms with Crippen molar-refractivity contribution >= 4 is 29.9 Å². The summed E-state index contributed by atoms with van der Waals surface area (Å²) in [6.45, 7) is 5.06. The molecule has 0 aliphatic rings. The highest BCUT2D eigenvalue weighted by atomic mass is 127. The minimum Gasteiger partial charge on any atom is -0.352 e. The fourth-order valence-corrected chi connectivity index (χ4v) is 2.04. The lowest BCUT2D eigenvalue weighted by atomic mass is 10.1. The fraction of sp³-hybridized carbons (Fsp3) is 0.278. The molecule has 23 heavy (non-hydrogen) atoms. The molecule has 2 N–H and O–H groups in total. The van der Waals surface area contributed by atoms with Gasteiger partial charge in [-0.25, -0.2) is 4.39 Å². The van der Waals surface area contributed by atoms with Gasteiger partial charge < -0.3 is 10.6 Å². The van der Waals surface area contributed by atoms with Crippen molar-refractivity contribution in [2.24, 2.45) is 4.99 Å². The SMILES string of the molecule is CN=C(NCc1ccc(C)cc1)NCc1ccc(C)c(F)c1.I. The number of nitrogens with one attached hydrogen (secondary N) is 2. The standard InChI is InChI=1S/C18H22FN3.HI/c1-13-4-7-15(8-5-13)11-21-18(20-3)22-12-16-9-6-14(2)17(19)10-16;/h4-10H,11-12H2,1-3H3,(H2,20,21,22);1H.